The summed E-state index contributed by atoms with van der Waals surface area (Å²) in [6, 6.07) is 3.10. The van der Waals surface area contributed by atoms with Crippen LogP contribution in [-0.2, 0) is 14.9 Å². The number of esters is 1. The third-order valence-electron chi connectivity index (χ3n) is 5.06. The second-order valence-corrected chi connectivity index (χ2v) is 9.76. The van der Waals surface area contributed by atoms with Crippen LogP contribution in [0.15, 0.2) is 18.2 Å². The summed E-state index contributed by atoms with van der Waals surface area (Å²) in [5, 5.41) is 0. The van der Waals surface area contributed by atoms with Crippen LogP contribution >= 0.6 is 0 Å². The molecule has 1 saturated carbocycles. The molecule has 0 radical (unpaired) electrons. The predicted octanol–water partition coefficient (Wildman–Crippen LogP) is 4.37. The maximum Gasteiger partial charge on any atom is 0.573 e. The Morgan fingerprint density at radius 1 is 1.13 bits per heavy atom. The molecule has 0 unspecified atom stereocenters. The number of ether oxygens (including phenoxy) is 3. The van der Waals surface area contributed by atoms with Gasteiger partial charge in [-0.05, 0) is 43.9 Å². The number of rotatable bonds is 7. The molecule has 1 N–H and O–H groups in total. The van der Waals surface area contributed by atoms with Gasteiger partial charge in [-0.25, -0.2) is 4.79 Å². The van der Waals surface area contributed by atoms with Gasteiger partial charge < -0.3 is 14.2 Å². The van der Waals surface area contributed by atoms with Gasteiger partial charge >= 0.3 is 12.3 Å². The average molecular weight is 454 g/mol. The average Bonchev–Trinajstić information content (AvgIpc) is 3.03. The van der Waals surface area contributed by atoms with Gasteiger partial charge in [-0.15, -0.1) is 13.2 Å². The summed E-state index contributed by atoms with van der Waals surface area (Å²) in [4.78, 5) is 12.2. The number of hydrogen-bond acceptors (Lipinski definition) is 6. The first-order valence-electron chi connectivity index (χ1n) is 9.33. The van der Waals surface area contributed by atoms with Gasteiger partial charge in [-0.2, -0.15) is 8.42 Å². The number of benzene rings is 1. The summed E-state index contributed by atoms with van der Waals surface area (Å²) in [6.45, 7) is 5.17. The van der Waals surface area contributed by atoms with Crippen molar-refractivity contribution < 1.29 is 45.1 Å². The molecule has 11 heteroatoms. The Hall–Kier alpha value is -2.01. The highest BCUT2D eigenvalue weighted by atomic mass is 32.2. The highest BCUT2D eigenvalue weighted by molar-refractivity contribution is 7.85. The molecule has 0 heterocycles. The van der Waals surface area contributed by atoms with Crippen LogP contribution in [0.1, 0.15) is 56.8 Å². The number of carbonyl (C=O) groups excluding carboxylic acids is 1. The highest BCUT2D eigenvalue weighted by Crippen LogP contribution is 2.48. The second-order valence-electron chi connectivity index (χ2n) is 8.18. The molecule has 1 aromatic carbocycles. The van der Waals surface area contributed by atoms with Crippen molar-refractivity contribution in [2.24, 2.45) is 5.41 Å². The molecular weight excluding hydrogens is 429 g/mol. The molecule has 1 aromatic rings. The van der Waals surface area contributed by atoms with Crippen molar-refractivity contribution in [2.75, 3.05) is 12.4 Å². The lowest BCUT2D eigenvalue weighted by molar-refractivity contribution is -0.275. The quantitative estimate of drug-likeness (QED) is 0.482. The van der Waals surface area contributed by atoms with Crippen molar-refractivity contribution in [2.45, 2.75) is 58.4 Å². The monoisotopic (exact) mass is 454 g/mol. The molecule has 170 valence electrons. The second kappa shape index (κ2) is 8.62. The van der Waals surface area contributed by atoms with Gasteiger partial charge in [0, 0.05) is 5.41 Å². The first-order chi connectivity index (χ1) is 13.6. The van der Waals surface area contributed by atoms with E-state index in [9.17, 15) is 26.4 Å². The van der Waals surface area contributed by atoms with E-state index in [0.717, 1.165) is 31.0 Å². The fourth-order valence-corrected chi connectivity index (χ4v) is 3.70. The SMILES string of the molecule is CC(C)(C)C1(Oc2cc(C(=O)OCCS(=O)(=O)O)ccc2OC(F)(F)F)CCCC1. The van der Waals surface area contributed by atoms with E-state index in [4.69, 9.17) is 14.0 Å². The number of carbonyl (C=O) groups is 1. The summed E-state index contributed by atoms with van der Waals surface area (Å²) in [7, 11) is -4.32. The van der Waals surface area contributed by atoms with Crippen LogP contribution in [0.3, 0.4) is 0 Å². The zero-order chi connectivity index (χ0) is 22.8. The highest BCUT2D eigenvalue weighted by Gasteiger charge is 2.47. The summed E-state index contributed by atoms with van der Waals surface area (Å²) in [6.07, 6.45) is -2.00. The molecule has 0 atom stereocenters. The Kier molecular flexibility index (Phi) is 6.97. The minimum atomic E-state index is -4.96. The zero-order valence-electron chi connectivity index (χ0n) is 16.9. The Morgan fingerprint density at radius 2 is 1.73 bits per heavy atom. The van der Waals surface area contributed by atoms with Crippen LogP contribution in [0, 0.1) is 5.41 Å². The van der Waals surface area contributed by atoms with Gasteiger partial charge in [0.2, 0.25) is 0 Å². The Bertz CT molecular complexity index is 867. The van der Waals surface area contributed by atoms with Gasteiger partial charge in [0.25, 0.3) is 10.1 Å². The summed E-state index contributed by atoms with van der Waals surface area (Å²) < 4.78 is 83.6. The Morgan fingerprint density at radius 3 is 2.23 bits per heavy atom. The normalized spacial score (nSPS) is 16.9. The largest absolute Gasteiger partial charge is 0.573 e. The molecule has 0 aromatic heterocycles. The first-order valence-corrected chi connectivity index (χ1v) is 10.9. The molecule has 30 heavy (non-hydrogen) atoms. The fourth-order valence-electron chi connectivity index (χ4n) is 3.41. The van der Waals surface area contributed by atoms with E-state index in [1.807, 2.05) is 20.8 Å². The zero-order valence-corrected chi connectivity index (χ0v) is 17.7. The van der Waals surface area contributed by atoms with Gasteiger partial charge in [-0.1, -0.05) is 20.8 Å². The molecule has 1 fully saturated rings. The maximum absolute atomic E-state index is 12.9. The number of halogens is 3. The summed E-state index contributed by atoms with van der Waals surface area (Å²) in [5.74, 6) is -2.62. The van der Waals surface area contributed by atoms with E-state index < -0.39 is 51.6 Å². The molecule has 0 spiro atoms. The van der Waals surface area contributed by atoms with Gasteiger partial charge in [0.1, 0.15) is 18.0 Å². The maximum atomic E-state index is 12.9. The molecule has 0 bridgehead atoms. The van der Waals surface area contributed by atoms with Crippen LogP contribution in [0.25, 0.3) is 0 Å². The molecule has 7 nitrogen and oxygen atoms in total. The van der Waals surface area contributed by atoms with E-state index in [0.29, 0.717) is 12.8 Å². The third kappa shape index (κ3) is 6.49. The molecule has 2 rings (SSSR count). The van der Waals surface area contributed by atoms with E-state index in [1.54, 1.807) is 0 Å². The molecule has 1 aliphatic carbocycles. The molecular formula is C19H25F3O7S. The van der Waals surface area contributed by atoms with Crippen molar-refractivity contribution in [1.82, 2.24) is 0 Å². The van der Waals surface area contributed by atoms with Crippen molar-refractivity contribution in [3.8, 4) is 11.5 Å². The molecule has 1 aliphatic rings. The number of hydrogen-bond donors (Lipinski definition) is 1. The lowest BCUT2D eigenvalue weighted by Crippen LogP contribution is -2.45. The van der Waals surface area contributed by atoms with Crippen molar-refractivity contribution in [3.63, 3.8) is 0 Å². The van der Waals surface area contributed by atoms with E-state index in [-0.39, 0.29) is 11.3 Å². The van der Waals surface area contributed by atoms with E-state index in [1.165, 1.54) is 0 Å². The minimum Gasteiger partial charge on any atom is -0.483 e. The predicted molar refractivity (Wildman–Crippen MR) is 101 cm³/mol. The van der Waals surface area contributed by atoms with Crippen LogP contribution in [0.5, 0.6) is 11.5 Å². The smallest absolute Gasteiger partial charge is 0.483 e. The topological polar surface area (TPSA) is 99.1 Å². The van der Waals surface area contributed by atoms with Gasteiger partial charge in [0.15, 0.2) is 11.5 Å². The Balaban J connectivity index is 2.34. The van der Waals surface area contributed by atoms with Crippen LogP contribution in [0.4, 0.5) is 13.2 Å². The lowest BCUT2D eigenvalue weighted by atomic mass is 9.75. The van der Waals surface area contributed by atoms with Crippen LogP contribution in [-0.4, -0.2) is 43.3 Å². The molecule has 0 saturated heterocycles. The Labute approximate surface area is 173 Å². The summed E-state index contributed by atoms with van der Waals surface area (Å²) in [5.41, 5.74) is -1.29. The van der Waals surface area contributed by atoms with Crippen molar-refractivity contribution >= 4 is 16.1 Å². The first kappa shape index (κ1) is 24.3. The van der Waals surface area contributed by atoms with E-state index >= 15 is 0 Å². The standard InChI is InChI=1S/C19H25F3O7S/c1-17(2,3)18(8-4-5-9-18)28-15-12-13(6-7-14(15)29-19(20,21)22)16(23)27-10-11-30(24,25)26/h6-7,12H,4-5,8-11H2,1-3H3,(H,24,25,26). The van der Waals surface area contributed by atoms with Gasteiger partial charge in [0.05, 0.1) is 5.56 Å². The molecule has 0 aliphatic heterocycles. The van der Waals surface area contributed by atoms with Gasteiger partial charge in [-0.3, -0.25) is 4.55 Å². The van der Waals surface area contributed by atoms with Crippen molar-refractivity contribution in [1.29, 1.82) is 0 Å². The number of alkyl halides is 3. The fraction of sp³-hybridized carbons (Fsp3) is 0.632. The minimum absolute atomic E-state index is 0.142. The van der Waals surface area contributed by atoms with E-state index in [2.05, 4.69) is 4.74 Å². The van der Waals surface area contributed by atoms with Crippen LogP contribution < -0.4 is 9.47 Å². The van der Waals surface area contributed by atoms with Crippen LogP contribution in [0.2, 0.25) is 0 Å². The van der Waals surface area contributed by atoms with Crippen molar-refractivity contribution in [3.05, 3.63) is 23.8 Å². The third-order valence-corrected chi connectivity index (χ3v) is 5.75. The molecule has 0 amide bonds. The summed E-state index contributed by atoms with van der Waals surface area (Å²) >= 11 is 0. The lowest BCUT2D eigenvalue weighted by Gasteiger charge is -2.42.